The number of nitrogens with two attached hydrogens (primary N) is 1. The van der Waals surface area contributed by atoms with Crippen molar-refractivity contribution in [2.75, 3.05) is 12.3 Å². The predicted molar refractivity (Wildman–Crippen MR) is 93.0 cm³/mol. The summed E-state index contributed by atoms with van der Waals surface area (Å²) in [5.41, 5.74) is 5.37. The highest BCUT2D eigenvalue weighted by atomic mass is 35.5. The molecule has 1 rings (SSSR count). The van der Waals surface area contributed by atoms with Gasteiger partial charge in [0.05, 0.1) is 12.3 Å². The number of nitrogen functional groups attached to an aromatic ring is 1. The van der Waals surface area contributed by atoms with Crippen LogP contribution in [0.2, 0.25) is 10.0 Å². The van der Waals surface area contributed by atoms with E-state index in [1.165, 1.54) is 6.92 Å². The Morgan fingerprint density at radius 1 is 1.33 bits per heavy atom. The van der Waals surface area contributed by atoms with Crippen LogP contribution in [0.5, 0.6) is 5.88 Å². The summed E-state index contributed by atoms with van der Waals surface area (Å²) in [5, 5.41) is -0.528. The zero-order valence-corrected chi connectivity index (χ0v) is 15.6. The second kappa shape index (κ2) is 9.89. The van der Waals surface area contributed by atoms with Crippen LogP contribution < -0.4 is 10.5 Å². The van der Waals surface area contributed by atoms with Crippen molar-refractivity contribution in [3.05, 3.63) is 16.0 Å². The van der Waals surface area contributed by atoms with Gasteiger partial charge in [-0.1, -0.05) is 56.3 Å². The summed E-state index contributed by atoms with van der Waals surface area (Å²) < 4.78 is 24.1. The monoisotopic (exact) mass is 380 g/mol. The Morgan fingerprint density at radius 2 is 2.00 bits per heavy atom. The summed E-state index contributed by atoms with van der Waals surface area (Å²) in [6, 6.07) is 0. The number of unbranched alkanes of at least 4 members (excludes halogenated alkanes) is 1. The number of hydrogen-bond donors (Lipinski definition) is 1. The molecule has 24 heavy (non-hydrogen) atoms. The van der Waals surface area contributed by atoms with Crippen LogP contribution in [0.15, 0.2) is 0 Å². The molecule has 0 aliphatic heterocycles. The highest BCUT2D eigenvalue weighted by Gasteiger charge is 2.23. The van der Waals surface area contributed by atoms with E-state index in [1.54, 1.807) is 0 Å². The SMILES string of the molecule is CCCCC(CC)COC(=O)[C@@H](C)Oc1nc(F)c(Cl)c(N)c1Cl. The predicted octanol–water partition coefficient (Wildman–Crippen LogP) is 4.64. The van der Waals surface area contributed by atoms with Gasteiger partial charge in [0.1, 0.15) is 10.0 Å². The van der Waals surface area contributed by atoms with E-state index < -0.39 is 18.0 Å². The Balaban J connectivity index is 2.64. The maximum Gasteiger partial charge on any atom is 0.347 e. The molecule has 136 valence electrons. The Morgan fingerprint density at radius 3 is 2.58 bits per heavy atom. The molecule has 0 aliphatic rings. The van der Waals surface area contributed by atoms with E-state index in [4.69, 9.17) is 38.4 Å². The number of ether oxygens (including phenoxy) is 2. The number of aromatic nitrogens is 1. The molecule has 0 saturated heterocycles. The summed E-state index contributed by atoms with van der Waals surface area (Å²) in [4.78, 5) is 15.5. The zero-order valence-electron chi connectivity index (χ0n) is 14.1. The number of pyridine rings is 1. The molecule has 0 fully saturated rings. The standard InChI is InChI=1S/C16H23Cl2FN2O3/c1-4-6-7-10(5-2)8-23-16(22)9(3)24-15-12(18)13(20)11(17)14(19)21-15/h9-10H,4-8H2,1-3H3,(H2,20,21)/t9-,10?/m1/s1. The highest BCUT2D eigenvalue weighted by molar-refractivity contribution is 6.39. The minimum atomic E-state index is -1.01. The smallest absolute Gasteiger partial charge is 0.347 e. The molecule has 0 aromatic carbocycles. The number of carbonyl (C=O) groups is 1. The van der Waals surface area contributed by atoms with Gasteiger partial charge in [0.25, 0.3) is 0 Å². The lowest BCUT2D eigenvalue weighted by atomic mass is 10.0. The van der Waals surface area contributed by atoms with Crippen LogP contribution in [0, 0.1) is 11.9 Å². The van der Waals surface area contributed by atoms with Crippen LogP contribution in [0.3, 0.4) is 0 Å². The minimum Gasteiger partial charge on any atom is -0.463 e. The van der Waals surface area contributed by atoms with Crippen LogP contribution in [-0.4, -0.2) is 23.7 Å². The van der Waals surface area contributed by atoms with Gasteiger partial charge >= 0.3 is 5.97 Å². The van der Waals surface area contributed by atoms with E-state index in [0.29, 0.717) is 12.5 Å². The summed E-state index contributed by atoms with van der Waals surface area (Å²) in [6.07, 6.45) is 3.11. The molecule has 8 heteroatoms. The molecule has 0 radical (unpaired) electrons. The van der Waals surface area contributed by atoms with Crippen molar-refractivity contribution in [1.29, 1.82) is 0 Å². The van der Waals surface area contributed by atoms with Gasteiger partial charge in [-0.15, -0.1) is 0 Å². The zero-order chi connectivity index (χ0) is 18.3. The molecule has 0 spiro atoms. The fraction of sp³-hybridized carbons (Fsp3) is 0.625. The second-order valence-electron chi connectivity index (χ2n) is 5.56. The van der Waals surface area contributed by atoms with Crippen LogP contribution in [0.4, 0.5) is 10.1 Å². The Labute approximate surface area is 151 Å². The third-order valence-electron chi connectivity index (χ3n) is 3.67. The maximum atomic E-state index is 13.5. The van der Waals surface area contributed by atoms with E-state index in [1.807, 2.05) is 0 Å². The molecule has 1 unspecified atom stereocenters. The molecular formula is C16H23Cl2FN2O3. The molecule has 2 N–H and O–H groups in total. The number of anilines is 1. The summed E-state index contributed by atoms with van der Waals surface area (Å²) in [6.45, 7) is 5.96. The first-order chi connectivity index (χ1) is 11.3. The third-order valence-corrected chi connectivity index (χ3v) is 4.39. The Kier molecular flexibility index (Phi) is 8.56. The van der Waals surface area contributed by atoms with Gasteiger partial charge in [0.15, 0.2) is 6.10 Å². The fourth-order valence-corrected chi connectivity index (χ4v) is 2.39. The van der Waals surface area contributed by atoms with Gasteiger partial charge in [-0.2, -0.15) is 9.37 Å². The molecule has 5 nitrogen and oxygen atoms in total. The Bertz CT molecular complexity index is 573. The average molecular weight is 381 g/mol. The van der Waals surface area contributed by atoms with Crippen LogP contribution in [-0.2, 0) is 9.53 Å². The summed E-state index contributed by atoms with van der Waals surface area (Å²) in [7, 11) is 0. The van der Waals surface area contributed by atoms with Gasteiger partial charge in [-0.05, 0) is 19.3 Å². The molecule has 0 bridgehead atoms. The number of halogens is 3. The average Bonchev–Trinajstić information content (AvgIpc) is 2.57. The number of hydrogen-bond acceptors (Lipinski definition) is 5. The van der Waals surface area contributed by atoms with Crippen molar-refractivity contribution in [3.63, 3.8) is 0 Å². The van der Waals surface area contributed by atoms with Gasteiger partial charge in [0, 0.05) is 0 Å². The third kappa shape index (κ3) is 5.67. The van der Waals surface area contributed by atoms with Gasteiger partial charge in [-0.25, -0.2) is 4.79 Å². The van der Waals surface area contributed by atoms with Crippen molar-refractivity contribution in [2.45, 2.75) is 52.6 Å². The van der Waals surface area contributed by atoms with E-state index in [-0.39, 0.29) is 21.6 Å². The topological polar surface area (TPSA) is 74.4 Å². The molecule has 1 aromatic rings. The molecule has 1 aromatic heterocycles. The summed E-state index contributed by atoms with van der Waals surface area (Å²) >= 11 is 11.5. The number of nitrogens with zero attached hydrogens (tertiary/aromatic N) is 1. The van der Waals surface area contributed by atoms with Crippen molar-refractivity contribution >= 4 is 34.9 Å². The van der Waals surface area contributed by atoms with Crippen LogP contribution >= 0.6 is 23.2 Å². The number of esters is 1. The van der Waals surface area contributed by atoms with Crippen molar-refractivity contribution in [2.24, 2.45) is 5.92 Å². The van der Waals surface area contributed by atoms with Crippen molar-refractivity contribution in [3.8, 4) is 5.88 Å². The normalized spacial score (nSPS) is 13.4. The number of rotatable bonds is 9. The van der Waals surface area contributed by atoms with E-state index in [2.05, 4.69) is 18.8 Å². The number of carbonyl (C=O) groups excluding carboxylic acids is 1. The molecule has 0 saturated carbocycles. The lowest BCUT2D eigenvalue weighted by Gasteiger charge is -2.18. The summed E-state index contributed by atoms with van der Waals surface area (Å²) in [5.74, 6) is -1.57. The first-order valence-corrected chi connectivity index (χ1v) is 8.70. The van der Waals surface area contributed by atoms with Gasteiger partial charge in [-0.3, -0.25) is 0 Å². The molecule has 2 atom stereocenters. The van der Waals surface area contributed by atoms with Crippen molar-refractivity contribution < 1.29 is 18.7 Å². The first kappa shape index (κ1) is 20.8. The van der Waals surface area contributed by atoms with Gasteiger partial charge in [0.2, 0.25) is 11.8 Å². The quantitative estimate of drug-likeness (QED) is 0.498. The van der Waals surface area contributed by atoms with E-state index in [0.717, 1.165) is 25.7 Å². The first-order valence-electron chi connectivity index (χ1n) is 7.94. The van der Waals surface area contributed by atoms with Crippen LogP contribution in [0.25, 0.3) is 0 Å². The molecular weight excluding hydrogens is 358 g/mol. The molecule has 0 amide bonds. The van der Waals surface area contributed by atoms with Crippen LogP contribution in [0.1, 0.15) is 46.5 Å². The molecule has 1 heterocycles. The van der Waals surface area contributed by atoms with E-state index in [9.17, 15) is 9.18 Å². The van der Waals surface area contributed by atoms with E-state index >= 15 is 0 Å². The molecule has 0 aliphatic carbocycles. The largest absolute Gasteiger partial charge is 0.463 e. The lowest BCUT2D eigenvalue weighted by Crippen LogP contribution is -2.28. The van der Waals surface area contributed by atoms with Gasteiger partial charge < -0.3 is 15.2 Å². The second-order valence-corrected chi connectivity index (χ2v) is 6.31. The maximum absolute atomic E-state index is 13.5. The van der Waals surface area contributed by atoms with Crippen molar-refractivity contribution in [1.82, 2.24) is 4.98 Å². The lowest BCUT2D eigenvalue weighted by molar-refractivity contribution is -0.152. The fourth-order valence-electron chi connectivity index (χ4n) is 2.02. The Hall–Kier alpha value is -1.27. The highest BCUT2D eigenvalue weighted by Crippen LogP contribution is 2.35. The minimum absolute atomic E-state index is 0.143.